The Balaban J connectivity index is 1.01. The number of likely N-dealkylation sites (N-methyl/N-ethyl adjacent to an activating group) is 1. The number of Topliss-reactive ketones (excluding diaryl/α,β-unsaturated/α-hetero) is 1. The number of carbonyl (C=O) groups is 4. The first-order valence-electron chi connectivity index (χ1n) is 16.3. The fraction of sp³-hybridized carbons (Fsp3) is 0.432. The zero-order chi connectivity index (χ0) is 33.3. The molecule has 3 aliphatic rings. The van der Waals surface area contributed by atoms with Gasteiger partial charge in [0.05, 0.1) is 17.2 Å². The van der Waals surface area contributed by atoms with Crippen LogP contribution in [0.25, 0.3) is 11.1 Å². The minimum Gasteiger partial charge on any atom is -0.462 e. The maximum atomic E-state index is 13.8. The molecule has 1 aromatic heterocycles. The van der Waals surface area contributed by atoms with Crippen molar-refractivity contribution in [2.75, 3.05) is 11.9 Å². The highest BCUT2D eigenvalue weighted by molar-refractivity contribution is 6.11. The number of carbonyl (C=O) groups excluding carboxylic acids is 4. The average Bonchev–Trinajstić information content (AvgIpc) is 3.10. The summed E-state index contributed by atoms with van der Waals surface area (Å²) in [5.74, 6) is -3.92. The highest BCUT2D eigenvalue weighted by atomic mass is 19.3. The van der Waals surface area contributed by atoms with Crippen molar-refractivity contribution in [3.8, 4) is 11.1 Å². The van der Waals surface area contributed by atoms with Gasteiger partial charge in [-0.1, -0.05) is 37.1 Å². The van der Waals surface area contributed by atoms with Gasteiger partial charge in [-0.15, -0.1) is 0 Å². The van der Waals surface area contributed by atoms with Crippen LogP contribution in [0.3, 0.4) is 0 Å². The van der Waals surface area contributed by atoms with Crippen molar-refractivity contribution in [2.45, 2.75) is 82.9 Å². The van der Waals surface area contributed by atoms with E-state index in [-0.39, 0.29) is 30.2 Å². The quantitative estimate of drug-likeness (QED) is 0.129. The summed E-state index contributed by atoms with van der Waals surface area (Å²) in [6, 6.07) is 15.8. The highest BCUT2D eigenvalue weighted by Crippen LogP contribution is 2.44. The first-order chi connectivity index (χ1) is 22.5. The number of hydrogen-bond acceptors (Lipinski definition) is 6. The van der Waals surface area contributed by atoms with E-state index < -0.39 is 36.7 Å². The number of unbranched alkanes of at least 4 members (excludes halogenated alkanes) is 1. The third-order valence-electron chi connectivity index (χ3n) is 9.79. The molecule has 2 amide bonds. The van der Waals surface area contributed by atoms with Crippen LogP contribution in [0.1, 0.15) is 84.6 Å². The minimum atomic E-state index is -2.73. The Kier molecular flexibility index (Phi) is 9.21. The molecule has 47 heavy (non-hydrogen) atoms. The molecule has 246 valence electrons. The maximum absolute atomic E-state index is 13.8. The van der Waals surface area contributed by atoms with Crippen LogP contribution in [0, 0.1) is 11.8 Å². The van der Waals surface area contributed by atoms with Gasteiger partial charge in [-0.05, 0) is 79.1 Å². The summed E-state index contributed by atoms with van der Waals surface area (Å²) in [7, 11) is 1.68. The van der Waals surface area contributed by atoms with Crippen molar-refractivity contribution in [3.63, 3.8) is 0 Å². The van der Waals surface area contributed by atoms with E-state index in [0.717, 1.165) is 48.8 Å². The van der Waals surface area contributed by atoms with Crippen LogP contribution in [-0.2, 0) is 20.9 Å². The monoisotopic (exact) mass is 643 g/mol. The molecule has 6 rings (SSSR count). The largest absolute Gasteiger partial charge is 0.462 e. The number of nitrogens with zero attached hydrogens (tertiary/aromatic N) is 3. The number of ether oxygens (including phenoxy) is 1. The zero-order valence-corrected chi connectivity index (χ0v) is 26.7. The maximum Gasteiger partial charge on any atom is 0.309 e. The van der Waals surface area contributed by atoms with Gasteiger partial charge < -0.3 is 14.5 Å². The van der Waals surface area contributed by atoms with Gasteiger partial charge in [0.1, 0.15) is 12.1 Å². The summed E-state index contributed by atoms with van der Waals surface area (Å²) in [6.07, 6.45) is 6.78. The highest BCUT2D eigenvalue weighted by Gasteiger charge is 2.50. The molecule has 0 N–H and O–H groups in total. The van der Waals surface area contributed by atoms with E-state index in [1.807, 2.05) is 30.3 Å². The van der Waals surface area contributed by atoms with E-state index in [2.05, 4.69) is 4.98 Å². The number of hydrogen-bond donors (Lipinski definition) is 0. The first-order valence-corrected chi connectivity index (χ1v) is 16.3. The molecule has 0 radical (unpaired) electrons. The second kappa shape index (κ2) is 13.3. The number of halogens is 2. The number of benzene rings is 2. The van der Waals surface area contributed by atoms with Gasteiger partial charge in [0.15, 0.2) is 5.78 Å². The molecule has 0 bridgehead atoms. The molecule has 3 aromatic rings. The van der Waals surface area contributed by atoms with Gasteiger partial charge in [0.25, 0.3) is 5.91 Å². The predicted octanol–water partition coefficient (Wildman–Crippen LogP) is 6.87. The van der Waals surface area contributed by atoms with Crippen LogP contribution < -0.4 is 4.90 Å². The third-order valence-corrected chi connectivity index (χ3v) is 9.79. The van der Waals surface area contributed by atoms with Gasteiger partial charge in [-0.25, -0.2) is 8.78 Å². The van der Waals surface area contributed by atoms with Crippen LogP contribution in [0.4, 0.5) is 14.5 Å². The Labute approximate surface area is 273 Å². The van der Waals surface area contributed by atoms with Gasteiger partial charge in [-0.2, -0.15) is 0 Å². The molecule has 10 heteroatoms. The number of fused-ring (bicyclic) bond motifs is 1. The summed E-state index contributed by atoms with van der Waals surface area (Å²) < 4.78 is 31.4. The summed E-state index contributed by atoms with van der Waals surface area (Å²) in [5.41, 5.74) is 4.14. The Morgan fingerprint density at radius 3 is 2.45 bits per heavy atom. The fourth-order valence-electron chi connectivity index (χ4n) is 6.78. The number of anilines is 1. The van der Waals surface area contributed by atoms with Gasteiger partial charge in [-0.3, -0.25) is 24.2 Å². The van der Waals surface area contributed by atoms with E-state index in [1.165, 1.54) is 4.90 Å². The number of ketones is 1. The van der Waals surface area contributed by atoms with Crippen LogP contribution in [-0.4, -0.2) is 58.6 Å². The molecule has 8 nitrogen and oxygen atoms in total. The molecule has 2 fully saturated rings. The summed E-state index contributed by atoms with van der Waals surface area (Å²) in [5, 5.41) is 0. The van der Waals surface area contributed by atoms with E-state index in [0.29, 0.717) is 29.2 Å². The number of amides is 2. The lowest BCUT2D eigenvalue weighted by Crippen LogP contribution is -2.45. The molecular formula is C37H39F2N3O5. The molecule has 0 saturated heterocycles. The topological polar surface area (TPSA) is 96.9 Å². The average molecular weight is 644 g/mol. The fourth-order valence-corrected chi connectivity index (χ4v) is 6.78. The van der Waals surface area contributed by atoms with Crippen molar-refractivity contribution < 1.29 is 32.7 Å². The van der Waals surface area contributed by atoms with Gasteiger partial charge >= 0.3 is 5.97 Å². The van der Waals surface area contributed by atoms with Crippen LogP contribution in [0.5, 0.6) is 0 Å². The Bertz CT molecular complexity index is 1670. The standard InChI is InChI=1S/C37H39F2N3O5/c1-23-34(44)41(2)32-19-27(26-12-14-40-15-13-26)10-11-31(32)35(45)42(23)22-25-7-5-8-28(16-25)33(43)9-4-3-6-24-17-30(18-24)47-36(46)29-20-37(38,39)21-29/h5,7-8,10-16,19,23-24,29-30H,3-4,6,9,17-18,20-22H2,1-2H3/t23-,24-,30+/m1/s1. The summed E-state index contributed by atoms with van der Waals surface area (Å²) >= 11 is 0. The molecule has 2 saturated carbocycles. The number of rotatable bonds is 11. The van der Waals surface area contributed by atoms with Crippen molar-refractivity contribution >= 4 is 29.3 Å². The number of aromatic nitrogens is 1. The molecule has 1 atom stereocenters. The Hall–Kier alpha value is -4.47. The van der Waals surface area contributed by atoms with Crippen molar-refractivity contribution in [1.29, 1.82) is 0 Å². The SMILES string of the molecule is C[C@@H]1C(=O)N(C)c2cc(-c3ccncc3)ccc2C(=O)N1Cc1cccc(C(=O)CCCC[C@H]2C[C@@H](OC(=O)C3CC(F)(F)C3)C2)c1. The smallest absolute Gasteiger partial charge is 0.309 e. The van der Waals surface area contributed by atoms with Crippen molar-refractivity contribution in [3.05, 3.63) is 83.7 Å². The van der Waals surface area contributed by atoms with Crippen molar-refractivity contribution in [2.24, 2.45) is 11.8 Å². The molecule has 2 aromatic carbocycles. The predicted molar refractivity (Wildman–Crippen MR) is 172 cm³/mol. The van der Waals surface area contributed by atoms with Gasteiger partial charge in [0.2, 0.25) is 11.8 Å². The summed E-state index contributed by atoms with van der Waals surface area (Å²) in [4.78, 5) is 59.5. The molecule has 0 spiro atoms. The lowest BCUT2D eigenvalue weighted by molar-refractivity contribution is -0.182. The Morgan fingerprint density at radius 2 is 1.72 bits per heavy atom. The number of pyridine rings is 1. The van der Waals surface area contributed by atoms with Crippen LogP contribution in [0.2, 0.25) is 0 Å². The first kappa shape index (κ1) is 32.5. The second-order valence-corrected chi connectivity index (χ2v) is 13.2. The minimum absolute atomic E-state index is 0.0182. The van der Waals surface area contributed by atoms with E-state index in [1.54, 1.807) is 55.5 Å². The molecule has 0 unspecified atom stereocenters. The van der Waals surface area contributed by atoms with Crippen LogP contribution in [0.15, 0.2) is 67.0 Å². The molecule has 2 heterocycles. The molecule has 2 aliphatic carbocycles. The van der Waals surface area contributed by atoms with E-state index >= 15 is 0 Å². The Morgan fingerprint density at radius 1 is 0.979 bits per heavy atom. The normalized spacial score (nSPS) is 22.2. The third kappa shape index (κ3) is 7.11. The second-order valence-electron chi connectivity index (χ2n) is 13.2. The molecular weight excluding hydrogens is 604 g/mol. The lowest BCUT2D eigenvalue weighted by atomic mass is 9.78. The number of esters is 1. The van der Waals surface area contributed by atoms with E-state index in [9.17, 15) is 28.0 Å². The van der Waals surface area contributed by atoms with Gasteiger partial charge in [0, 0.05) is 50.8 Å². The van der Waals surface area contributed by atoms with Crippen LogP contribution >= 0.6 is 0 Å². The lowest BCUT2D eigenvalue weighted by Gasteiger charge is -2.38. The van der Waals surface area contributed by atoms with Crippen molar-refractivity contribution in [1.82, 2.24) is 9.88 Å². The zero-order valence-electron chi connectivity index (χ0n) is 26.7. The molecule has 1 aliphatic heterocycles. The van der Waals surface area contributed by atoms with E-state index in [4.69, 9.17) is 4.74 Å². The number of alkyl halides is 2. The summed E-state index contributed by atoms with van der Waals surface area (Å²) in [6.45, 7) is 1.91.